The molecule has 0 aliphatic carbocycles. The van der Waals surface area contributed by atoms with Gasteiger partial charge in [-0.25, -0.2) is 9.38 Å². The molecule has 4 N–H and O–H groups in total. The van der Waals surface area contributed by atoms with Crippen LogP contribution in [0.4, 0.5) is 4.39 Å². The Morgan fingerprint density at radius 3 is 2.70 bits per heavy atom. The van der Waals surface area contributed by atoms with Crippen LogP contribution in [0.3, 0.4) is 0 Å². The van der Waals surface area contributed by atoms with Crippen LogP contribution in [0.1, 0.15) is 35.3 Å². The van der Waals surface area contributed by atoms with E-state index in [9.17, 15) is 9.18 Å². The largest absolute Gasteiger partial charge is 0.361 e. The van der Waals surface area contributed by atoms with E-state index in [2.05, 4.69) is 25.9 Å². The van der Waals surface area contributed by atoms with Crippen LogP contribution >= 0.6 is 0 Å². The second-order valence-electron chi connectivity index (χ2n) is 6.94. The van der Waals surface area contributed by atoms with Gasteiger partial charge in [-0.05, 0) is 61.7 Å². The Hall–Kier alpha value is -3.35. The number of carbonyl (C=O) groups is 1. The molecular weight excluding hydrogens is 381 g/mol. The molecule has 2 aromatic carbocycles. The SMILES string of the molecule is CCNC(=O)c1cccc(CN=C(NCC)NCCc2c[nH]c3ccc(F)cc23)c1. The molecule has 1 heterocycles. The van der Waals surface area contributed by atoms with Gasteiger partial charge in [0.2, 0.25) is 0 Å². The highest BCUT2D eigenvalue weighted by Crippen LogP contribution is 2.19. The lowest BCUT2D eigenvalue weighted by molar-refractivity contribution is 0.0955. The van der Waals surface area contributed by atoms with Crippen molar-refractivity contribution in [1.82, 2.24) is 20.9 Å². The van der Waals surface area contributed by atoms with E-state index in [-0.39, 0.29) is 11.7 Å². The van der Waals surface area contributed by atoms with Gasteiger partial charge in [0.15, 0.2) is 5.96 Å². The zero-order valence-electron chi connectivity index (χ0n) is 17.4. The molecule has 3 aromatic rings. The molecule has 30 heavy (non-hydrogen) atoms. The van der Waals surface area contributed by atoms with Crippen LogP contribution in [0.5, 0.6) is 0 Å². The topological polar surface area (TPSA) is 81.3 Å². The molecule has 0 spiro atoms. The highest BCUT2D eigenvalue weighted by molar-refractivity contribution is 5.94. The molecule has 0 atom stereocenters. The lowest BCUT2D eigenvalue weighted by Crippen LogP contribution is -2.38. The molecule has 0 saturated heterocycles. The number of amides is 1. The minimum atomic E-state index is -0.235. The van der Waals surface area contributed by atoms with E-state index in [1.807, 2.05) is 38.2 Å². The summed E-state index contributed by atoms with van der Waals surface area (Å²) in [7, 11) is 0. The molecule has 0 aliphatic rings. The van der Waals surface area contributed by atoms with E-state index < -0.39 is 0 Å². The monoisotopic (exact) mass is 409 g/mol. The summed E-state index contributed by atoms with van der Waals surface area (Å²) in [6.45, 7) is 6.36. The van der Waals surface area contributed by atoms with Gasteiger partial charge in [-0.2, -0.15) is 0 Å². The van der Waals surface area contributed by atoms with Crippen LogP contribution in [0, 0.1) is 5.82 Å². The quantitative estimate of drug-likeness (QED) is 0.340. The summed E-state index contributed by atoms with van der Waals surface area (Å²) in [5.74, 6) is 0.386. The summed E-state index contributed by atoms with van der Waals surface area (Å²) < 4.78 is 13.5. The van der Waals surface area contributed by atoms with E-state index in [0.717, 1.165) is 35.0 Å². The van der Waals surface area contributed by atoms with E-state index in [1.165, 1.54) is 6.07 Å². The van der Waals surface area contributed by atoms with E-state index in [4.69, 9.17) is 0 Å². The smallest absolute Gasteiger partial charge is 0.251 e. The number of fused-ring (bicyclic) bond motifs is 1. The molecule has 158 valence electrons. The molecule has 1 aromatic heterocycles. The first kappa shape index (κ1) is 21.4. The number of hydrogen-bond donors (Lipinski definition) is 4. The maximum Gasteiger partial charge on any atom is 0.251 e. The summed E-state index contributed by atoms with van der Waals surface area (Å²) in [5.41, 5.74) is 3.58. The molecule has 3 rings (SSSR count). The molecule has 0 fully saturated rings. The van der Waals surface area contributed by atoms with Gasteiger partial charge in [-0.1, -0.05) is 12.1 Å². The number of hydrogen-bond acceptors (Lipinski definition) is 2. The molecule has 6 nitrogen and oxygen atoms in total. The number of carbonyl (C=O) groups excluding carboxylic acids is 1. The van der Waals surface area contributed by atoms with Crippen molar-refractivity contribution < 1.29 is 9.18 Å². The van der Waals surface area contributed by atoms with Crippen molar-refractivity contribution in [2.75, 3.05) is 19.6 Å². The lowest BCUT2D eigenvalue weighted by Gasteiger charge is -2.11. The van der Waals surface area contributed by atoms with E-state index >= 15 is 0 Å². The highest BCUT2D eigenvalue weighted by atomic mass is 19.1. The first-order valence-electron chi connectivity index (χ1n) is 10.3. The highest BCUT2D eigenvalue weighted by Gasteiger charge is 2.07. The van der Waals surface area contributed by atoms with Gasteiger partial charge in [0.1, 0.15) is 5.82 Å². The number of guanidine groups is 1. The number of halogens is 1. The van der Waals surface area contributed by atoms with Crippen molar-refractivity contribution in [2.45, 2.75) is 26.8 Å². The van der Waals surface area contributed by atoms with Gasteiger partial charge in [0.05, 0.1) is 6.54 Å². The molecule has 0 bridgehead atoms. The predicted molar refractivity (Wildman–Crippen MR) is 119 cm³/mol. The van der Waals surface area contributed by atoms with Crippen LogP contribution in [-0.4, -0.2) is 36.5 Å². The molecule has 0 saturated carbocycles. The van der Waals surface area contributed by atoms with Crippen molar-refractivity contribution in [3.8, 4) is 0 Å². The molecule has 0 aliphatic heterocycles. The van der Waals surface area contributed by atoms with Crippen LogP contribution in [0.15, 0.2) is 53.7 Å². The maximum absolute atomic E-state index is 13.5. The van der Waals surface area contributed by atoms with Crippen molar-refractivity contribution in [3.63, 3.8) is 0 Å². The van der Waals surface area contributed by atoms with E-state index in [0.29, 0.717) is 31.2 Å². The van der Waals surface area contributed by atoms with Gasteiger partial charge in [0, 0.05) is 42.3 Å². The third-order valence-electron chi connectivity index (χ3n) is 4.71. The summed E-state index contributed by atoms with van der Waals surface area (Å²) in [6, 6.07) is 12.2. The Balaban J connectivity index is 1.61. The Morgan fingerprint density at radius 2 is 1.90 bits per heavy atom. The maximum atomic E-state index is 13.5. The number of H-pyrrole nitrogens is 1. The van der Waals surface area contributed by atoms with Crippen molar-refractivity contribution in [1.29, 1.82) is 0 Å². The Labute approximate surface area is 176 Å². The van der Waals surface area contributed by atoms with Gasteiger partial charge in [-0.15, -0.1) is 0 Å². The third kappa shape index (κ3) is 5.59. The normalized spacial score (nSPS) is 11.5. The Morgan fingerprint density at radius 1 is 1.07 bits per heavy atom. The fourth-order valence-corrected chi connectivity index (χ4v) is 3.26. The summed E-state index contributed by atoms with van der Waals surface area (Å²) in [4.78, 5) is 19.8. The van der Waals surface area contributed by atoms with Crippen LogP contribution in [-0.2, 0) is 13.0 Å². The number of aromatic amines is 1. The van der Waals surface area contributed by atoms with Crippen LogP contribution < -0.4 is 16.0 Å². The average molecular weight is 410 g/mol. The Kier molecular flexibility index (Phi) is 7.43. The zero-order chi connectivity index (χ0) is 21.3. The van der Waals surface area contributed by atoms with Crippen molar-refractivity contribution in [2.24, 2.45) is 4.99 Å². The van der Waals surface area contributed by atoms with Crippen molar-refractivity contribution >= 4 is 22.8 Å². The lowest BCUT2D eigenvalue weighted by atomic mass is 10.1. The molecule has 7 heteroatoms. The number of aliphatic imine (C=N–C) groups is 1. The van der Waals surface area contributed by atoms with Gasteiger partial charge < -0.3 is 20.9 Å². The number of rotatable bonds is 8. The fourth-order valence-electron chi connectivity index (χ4n) is 3.26. The fraction of sp³-hybridized carbons (Fsp3) is 0.304. The number of nitrogens with one attached hydrogen (secondary N) is 4. The minimum Gasteiger partial charge on any atom is -0.361 e. The minimum absolute atomic E-state index is 0.0801. The second-order valence-corrected chi connectivity index (χ2v) is 6.94. The summed E-state index contributed by atoms with van der Waals surface area (Å²) in [6.07, 6.45) is 2.66. The first-order valence-corrected chi connectivity index (χ1v) is 10.3. The number of benzene rings is 2. The first-order chi connectivity index (χ1) is 14.6. The number of nitrogens with zero attached hydrogens (tertiary/aromatic N) is 1. The van der Waals surface area contributed by atoms with Crippen LogP contribution in [0.2, 0.25) is 0 Å². The zero-order valence-corrected chi connectivity index (χ0v) is 17.4. The Bertz CT molecular complexity index is 1030. The molecular formula is C23H28FN5O. The van der Waals surface area contributed by atoms with Crippen LogP contribution in [0.25, 0.3) is 10.9 Å². The predicted octanol–water partition coefficient (Wildman–Crippen LogP) is 3.35. The molecule has 0 radical (unpaired) electrons. The molecule has 1 amide bonds. The van der Waals surface area contributed by atoms with E-state index in [1.54, 1.807) is 18.2 Å². The summed E-state index contributed by atoms with van der Waals surface area (Å²) in [5, 5.41) is 10.3. The second kappa shape index (κ2) is 10.4. The third-order valence-corrected chi connectivity index (χ3v) is 4.71. The standard InChI is InChI=1S/C23H28FN5O/c1-3-25-22(30)17-7-5-6-16(12-17)14-29-23(26-4-2)27-11-10-18-15-28-21-9-8-19(24)13-20(18)21/h5-9,12-13,15,28H,3-4,10-11,14H2,1-2H3,(H,25,30)(H2,26,27,29). The number of aromatic nitrogens is 1. The van der Waals surface area contributed by atoms with Gasteiger partial charge in [0.25, 0.3) is 5.91 Å². The van der Waals surface area contributed by atoms with Gasteiger partial charge in [-0.3, -0.25) is 4.79 Å². The average Bonchev–Trinajstić information content (AvgIpc) is 3.14. The molecule has 0 unspecified atom stereocenters. The van der Waals surface area contributed by atoms with Gasteiger partial charge >= 0.3 is 0 Å². The van der Waals surface area contributed by atoms with Crippen molar-refractivity contribution in [3.05, 3.63) is 71.2 Å². The summed E-state index contributed by atoms with van der Waals surface area (Å²) >= 11 is 0.